The summed E-state index contributed by atoms with van der Waals surface area (Å²) in [5.41, 5.74) is 15.3. The molecule has 0 atom stereocenters. The molecule has 0 aliphatic heterocycles. The summed E-state index contributed by atoms with van der Waals surface area (Å²) >= 11 is 0. The first-order valence-corrected chi connectivity index (χ1v) is 16.6. The molecule has 0 saturated carbocycles. The second-order valence-corrected chi connectivity index (χ2v) is 13.2. The van der Waals surface area contributed by atoms with Crippen LogP contribution in [-0.4, -0.2) is 0 Å². The van der Waals surface area contributed by atoms with Gasteiger partial charge in [0.15, 0.2) is 5.58 Å². The largest absolute Gasteiger partial charge is 0.454 e. The molecule has 226 valence electrons. The second kappa shape index (κ2) is 10.2. The number of rotatable bonds is 4. The molecule has 1 aliphatic carbocycles. The molecular weight excluding hydrogens is 583 g/mol. The molecule has 0 unspecified atom stereocenters. The van der Waals surface area contributed by atoms with Gasteiger partial charge in [0, 0.05) is 22.1 Å². The third-order valence-corrected chi connectivity index (χ3v) is 9.97. The zero-order valence-electron chi connectivity index (χ0n) is 26.8. The number of hydrogen-bond donors (Lipinski definition) is 0. The van der Waals surface area contributed by atoms with Crippen LogP contribution in [0.2, 0.25) is 0 Å². The van der Waals surface area contributed by atoms with Gasteiger partial charge in [0.25, 0.3) is 0 Å². The van der Waals surface area contributed by atoms with Gasteiger partial charge in [-0.2, -0.15) is 0 Å². The Bertz CT molecular complexity index is 2730. The van der Waals surface area contributed by atoms with Crippen LogP contribution in [0.1, 0.15) is 11.1 Å². The van der Waals surface area contributed by atoms with E-state index in [4.69, 9.17) is 4.42 Å². The Morgan fingerprint density at radius 3 is 1.79 bits per heavy atom. The Hall–Kier alpha value is -6.12. The number of fused-ring (bicyclic) bond motifs is 9. The van der Waals surface area contributed by atoms with Gasteiger partial charge in [-0.05, 0) is 147 Å². The van der Waals surface area contributed by atoms with Crippen LogP contribution in [0.4, 0.5) is 17.1 Å². The summed E-state index contributed by atoms with van der Waals surface area (Å²) < 4.78 is 6.56. The maximum Gasteiger partial charge on any atom is 0.159 e. The molecule has 0 spiro atoms. The molecule has 0 bridgehead atoms. The van der Waals surface area contributed by atoms with Gasteiger partial charge >= 0.3 is 0 Å². The average Bonchev–Trinajstić information content (AvgIpc) is 3.50. The van der Waals surface area contributed by atoms with E-state index in [9.17, 15) is 0 Å². The summed E-state index contributed by atoms with van der Waals surface area (Å²) in [7, 11) is 0. The van der Waals surface area contributed by atoms with E-state index in [1.165, 1.54) is 66.1 Å². The molecule has 10 rings (SSSR count). The van der Waals surface area contributed by atoms with Gasteiger partial charge in [-0.15, -0.1) is 0 Å². The quantitative estimate of drug-likeness (QED) is 0.196. The molecule has 2 heteroatoms. The second-order valence-electron chi connectivity index (χ2n) is 13.2. The minimum atomic E-state index is 0.895. The molecule has 48 heavy (non-hydrogen) atoms. The lowest BCUT2D eigenvalue weighted by Gasteiger charge is -2.28. The monoisotopic (exact) mass is 613 g/mol. The van der Waals surface area contributed by atoms with E-state index in [0.717, 1.165) is 39.0 Å². The van der Waals surface area contributed by atoms with Crippen molar-refractivity contribution in [1.82, 2.24) is 0 Å². The summed E-state index contributed by atoms with van der Waals surface area (Å²) in [6.07, 6.45) is 0. The van der Waals surface area contributed by atoms with Crippen molar-refractivity contribution in [2.45, 2.75) is 13.8 Å². The maximum atomic E-state index is 6.56. The third-order valence-electron chi connectivity index (χ3n) is 9.97. The van der Waals surface area contributed by atoms with Gasteiger partial charge in [-0.3, -0.25) is 0 Å². The molecule has 0 N–H and O–H groups in total. The van der Waals surface area contributed by atoms with Crippen molar-refractivity contribution in [1.29, 1.82) is 0 Å². The summed E-state index contributed by atoms with van der Waals surface area (Å²) in [5, 5.41) is 7.27. The lowest BCUT2D eigenvalue weighted by Crippen LogP contribution is -2.11. The van der Waals surface area contributed by atoms with Crippen molar-refractivity contribution in [3.05, 3.63) is 163 Å². The fourth-order valence-corrected chi connectivity index (χ4v) is 7.78. The standard InChI is InChI=1S/C46H31NO/c1-28-19-29(2)21-37(20-28)47(44-13-8-12-39-38-11-6-7-14-45(38)48-46(39)44)36-18-17-33-25-41-42-26-34-22-31(30-9-4-3-5-10-30)15-16-32(34)24-40(42)43(41)27-35(33)23-36/h3-27H,1-2H3. The minimum absolute atomic E-state index is 0.895. The SMILES string of the molecule is Cc1cc(C)cc(N(c2ccc3cc4c(cc3c2)-c2cc3ccc(-c5ccccc5)cc3cc2-4)c2cccc3c2oc2ccccc23)c1. The molecule has 9 aromatic rings. The molecular formula is C46H31NO. The molecule has 1 aromatic heterocycles. The first kappa shape index (κ1) is 27.0. The molecule has 1 aliphatic rings. The number of furan rings is 1. The lowest BCUT2D eigenvalue weighted by atomic mass is 9.77. The Labute approximate surface area is 279 Å². The van der Waals surface area contributed by atoms with Gasteiger partial charge in [-0.1, -0.05) is 84.9 Å². The van der Waals surface area contributed by atoms with Crippen molar-refractivity contribution >= 4 is 60.5 Å². The molecule has 8 aromatic carbocycles. The fourth-order valence-electron chi connectivity index (χ4n) is 7.78. The first-order chi connectivity index (χ1) is 23.6. The molecule has 0 radical (unpaired) electrons. The smallest absolute Gasteiger partial charge is 0.159 e. The van der Waals surface area contributed by atoms with Crippen LogP contribution in [0.15, 0.2) is 156 Å². The number of aryl methyl sites for hydroxylation is 2. The van der Waals surface area contributed by atoms with Crippen LogP contribution in [0.25, 0.3) is 76.9 Å². The highest BCUT2D eigenvalue weighted by Gasteiger charge is 2.25. The third kappa shape index (κ3) is 4.13. The van der Waals surface area contributed by atoms with Crippen molar-refractivity contribution in [3.63, 3.8) is 0 Å². The van der Waals surface area contributed by atoms with Gasteiger partial charge in [0.05, 0.1) is 5.69 Å². The maximum absolute atomic E-state index is 6.56. The van der Waals surface area contributed by atoms with Crippen LogP contribution >= 0.6 is 0 Å². The van der Waals surface area contributed by atoms with Crippen LogP contribution < -0.4 is 4.90 Å². The Morgan fingerprint density at radius 2 is 1.04 bits per heavy atom. The predicted octanol–water partition coefficient (Wildman–Crippen LogP) is 13.3. The van der Waals surface area contributed by atoms with Crippen LogP contribution in [-0.2, 0) is 0 Å². The highest BCUT2D eigenvalue weighted by atomic mass is 16.3. The van der Waals surface area contributed by atoms with Gasteiger partial charge in [0.1, 0.15) is 5.58 Å². The van der Waals surface area contributed by atoms with E-state index in [1.807, 2.05) is 6.07 Å². The summed E-state index contributed by atoms with van der Waals surface area (Å²) in [6.45, 7) is 4.33. The van der Waals surface area contributed by atoms with E-state index >= 15 is 0 Å². The normalized spacial score (nSPS) is 12.0. The summed E-state index contributed by atoms with van der Waals surface area (Å²) in [4.78, 5) is 2.36. The number of anilines is 3. The highest BCUT2D eigenvalue weighted by molar-refractivity contribution is 6.13. The molecule has 0 fully saturated rings. The van der Waals surface area contributed by atoms with Crippen molar-refractivity contribution < 1.29 is 4.42 Å². The van der Waals surface area contributed by atoms with Gasteiger partial charge in [0.2, 0.25) is 0 Å². The number of para-hydroxylation sites is 2. The van der Waals surface area contributed by atoms with Crippen molar-refractivity contribution in [2.75, 3.05) is 4.90 Å². The summed E-state index contributed by atoms with van der Waals surface area (Å²) in [6, 6.07) is 55.3. The Morgan fingerprint density at radius 1 is 0.417 bits per heavy atom. The first-order valence-electron chi connectivity index (χ1n) is 16.6. The number of nitrogens with zero attached hydrogens (tertiary/aromatic N) is 1. The molecule has 0 amide bonds. The van der Waals surface area contributed by atoms with Crippen molar-refractivity contribution in [3.8, 4) is 33.4 Å². The molecule has 2 nitrogen and oxygen atoms in total. The average molecular weight is 614 g/mol. The van der Waals surface area contributed by atoms with E-state index < -0.39 is 0 Å². The predicted molar refractivity (Wildman–Crippen MR) is 203 cm³/mol. The van der Waals surface area contributed by atoms with E-state index in [2.05, 4.69) is 164 Å². The Kier molecular flexibility index (Phi) is 5.74. The van der Waals surface area contributed by atoms with E-state index in [0.29, 0.717) is 0 Å². The van der Waals surface area contributed by atoms with Crippen LogP contribution in [0.5, 0.6) is 0 Å². The lowest BCUT2D eigenvalue weighted by molar-refractivity contribution is 0.669. The van der Waals surface area contributed by atoms with Gasteiger partial charge in [-0.25, -0.2) is 0 Å². The van der Waals surface area contributed by atoms with Crippen LogP contribution in [0, 0.1) is 13.8 Å². The zero-order chi connectivity index (χ0) is 31.9. The van der Waals surface area contributed by atoms with E-state index in [1.54, 1.807) is 0 Å². The number of hydrogen-bond acceptors (Lipinski definition) is 2. The van der Waals surface area contributed by atoms with Crippen LogP contribution in [0.3, 0.4) is 0 Å². The fraction of sp³-hybridized carbons (Fsp3) is 0.0435. The molecule has 0 saturated heterocycles. The number of benzene rings is 8. The van der Waals surface area contributed by atoms with Gasteiger partial charge < -0.3 is 9.32 Å². The Balaban J connectivity index is 1.12. The highest BCUT2D eigenvalue weighted by Crippen LogP contribution is 2.51. The van der Waals surface area contributed by atoms with Crippen molar-refractivity contribution in [2.24, 2.45) is 0 Å². The summed E-state index contributed by atoms with van der Waals surface area (Å²) in [5.74, 6) is 0. The van der Waals surface area contributed by atoms with E-state index in [-0.39, 0.29) is 0 Å². The topological polar surface area (TPSA) is 16.4 Å². The molecule has 1 heterocycles. The minimum Gasteiger partial charge on any atom is -0.454 e. The zero-order valence-corrected chi connectivity index (χ0v) is 26.8.